The molecule has 0 N–H and O–H groups in total. The van der Waals surface area contributed by atoms with Gasteiger partial charge in [-0.3, -0.25) is 0 Å². The summed E-state index contributed by atoms with van der Waals surface area (Å²) in [4.78, 5) is 2.57. The molecule has 2 aliphatic heterocycles. The number of benzene rings is 1. The van der Waals surface area contributed by atoms with Gasteiger partial charge in [-0.2, -0.15) is 17.0 Å². The van der Waals surface area contributed by atoms with Crippen LogP contribution in [0.15, 0.2) is 22.7 Å². The molecule has 0 spiro atoms. The van der Waals surface area contributed by atoms with Crippen LogP contribution in [0.5, 0.6) is 5.75 Å². The quantitative estimate of drug-likeness (QED) is 0.545. The molecule has 2 fully saturated rings. The van der Waals surface area contributed by atoms with E-state index in [1.165, 1.54) is 27.2 Å². The van der Waals surface area contributed by atoms with Crippen molar-refractivity contribution in [2.75, 3.05) is 53.9 Å². The van der Waals surface area contributed by atoms with Crippen molar-refractivity contribution < 1.29 is 13.2 Å². The normalized spacial score (nSPS) is 22.5. The lowest BCUT2D eigenvalue weighted by molar-refractivity contribution is 0.159. The molecule has 0 amide bonds. The van der Waals surface area contributed by atoms with Gasteiger partial charge >= 0.3 is 0 Å². The molecular formula is C22H36BrN3O3S. The highest BCUT2D eigenvalue weighted by Crippen LogP contribution is 2.29. The summed E-state index contributed by atoms with van der Waals surface area (Å²) in [5.41, 5.74) is 1.33. The highest BCUT2D eigenvalue weighted by molar-refractivity contribution is 9.10. The number of ether oxygens (including phenoxy) is 1. The Labute approximate surface area is 190 Å². The van der Waals surface area contributed by atoms with Crippen LogP contribution in [-0.2, 0) is 16.6 Å². The third-order valence-corrected chi connectivity index (χ3v) is 9.27. The average Bonchev–Trinajstić information content (AvgIpc) is 2.75. The van der Waals surface area contributed by atoms with E-state index in [4.69, 9.17) is 4.74 Å². The summed E-state index contributed by atoms with van der Waals surface area (Å²) < 4.78 is 34.4. The molecule has 1 aromatic carbocycles. The van der Waals surface area contributed by atoms with Crippen LogP contribution in [0.1, 0.15) is 37.7 Å². The molecule has 2 heterocycles. The zero-order valence-electron chi connectivity index (χ0n) is 18.5. The van der Waals surface area contributed by atoms with Crippen molar-refractivity contribution >= 4 is 26.1 Å². The van der Waals surface area contributed by atoms with Crippen LogP contribution in [0.3, 0.4) is 0 Å². The lowest BCUT2D eigenvalue weighted by Crippen LogP contribution is -2.46. The van der Waals surface area contributed by atoms with E-state index in [2.05, 4.69) is 33.0 Å². The van der Waals surface area contributed by atoms with Crippen LogP contribution in [-0.4, -0.2) is 75.9 Å². The van der Waals surface area contributed by atoms with Crippen LogP contribution in [0.4, 0.5) is 0 Å². The molecule has 0 radical (unpaired) electrons. The highest BCUT2D eigenvalue weighted by Gasteiger charge is 2.30. The molecular weight excluding hydrogens is 466 g/mol. The average molecular weight is 503 g/mol. The van der Waals surface area contributed by atoms with Gasteiger partial charge in [-0.1, -0.05) is 15.9 Å². The number of nitrogens with zero attached hydrogens (tertiary/aromatic N) is 3. The first-order chi connectivity index (χ1) is 14.3. The Bertz CT molecular complexity index is 795. The monoisotopic (exact) mass is 501 g/mol. The van der Waals surface area contributed by atoms with Crippen molar-refractivity contribution in [1.29, 1.82) is 0 Å². The van der Waals surface area contributed by atoms with E-state index >= 15 is 0 Å². The number of halogens is 1. The summed E-state index contributed by atoms with van der Waals surface area (Å²) >= 11 is 3.68. The predicted molar refractivity (Wildman–Crippen MR) is 125 cm³/mol. The minimum absolute atomic E-state index is 0.471. The van der Waals surface area contributed by atoms with Crippen molar-refractivity contribution in [3.63, 3.8) is 0 Å². The van der Waals surface area contributed by atoms with Gasteiger partial charge < -0.3 is 9.64 Å². The zero-order valence-corrected chi connectivity index (χ0v) is 20.9. The summed E-state index contributed by atoms with van der Waals surface area (Å²) in [5.74, 6) is 2.10. The Kier molecular flexibility index (Phi) is 8.61. The topological polar surface area (TPSA) is 53.1 Å². The maximum absolute atomic E-state index is 12.4. The van der Waals surface area contributed by atoms with Crippen LogP contribution < -0.4 is 4.74 Å². The second-order valence-corrected chi connectivity index (χ2v) is 11.9. The van der Waals surface area contributed by atoms with E-state index in [1.54, 1.807) is 25.5 Å². The predicted octanol–water partition coefficient (Wildman–Crippen LogP) is 3.62. The second-order valence-electron chi connectivity index (χ2n) is 8.89. The maximum Gasteiger partial charge on any atom is 0.281 e. The van der Waals surface area contributed by atoms with Gasteiger partial charge in [0.1, 0.15) is 5.75 Å². The van der Waals surface area contributed by atoms with Gasteiger partial charge in [0, 0.05) is 31.7 Å². The standard InChI is InChI=1S/C22H36BrN3O3S/c1-24(2)30(27,28)26-11-4-5-19(17-26)10-14-25-12-8-18(9-13-25)15-20-16-21(29-3)6-7-22(20)23/h6-7,16,18-19H,4-5,8-15,17H2,1-3H3. The first-order valence-electron chi connectivity index (χ1n) is 11.0. The van der Waals surface area contributed by atoms with Crippen molar-refractivity contribution in [3.8, 4) is 5.75 Å². The number of likely N-dealkylation sites (tertiary alicyclic amines) is 1. The number of hydrogen-bond acceptors (Lipinski definition) is 4. The Morgan fingerprint density at radius 1 is 1.13 bits per heavy atom. The summed E-state index contributed by atoms with van der Waals surface area (Å²) in [6.07, 6.45) is 6.72. The van der Waals surface area contributed by atoms with Gasteiger partial charge in [0.25, 0.3) is 10.2 Å². The first kappa shape index (κ1) is 24.0. The van der Waals surface area contributed by atoms with E-state index < -0.39 is 10.2 Å². The minimum atomic E-state index is -3.28. The van der Waals surface area contributed by atoms with E-state index in [0.717, 1.165) is 51.1 Å². The van der Waals surface area contributed by atoms with E-state index in [1.807, 2.05) is 6.07 Å². The van der Waals surface area contributed by atoms with E-state index in [-0.39, 0.29) is 0 Å². The molecule has 1 atom stereocenters. The maximum atomic E-state index is 12.4. The second kappa shape index (κ2) is 10.8. The molecule has 8 heteroatoms. The van der Waals surface area contributed by atoms with Crippen LogP contribution in [0, 0.1) is 11.8 Å². The Hall–Kier alpha value is -0.670. The lowest BCUT2D eigenvalue weighted by Gasteiger charge is -2.36. The van der Waals surface area contributed by atoms with Crippen molar-refractivity contribution in [3.05, 3.63) is 28.2 Å². The zero-order chi connectivity index (χ0) is 21.7. The van der Waals surface area contributed by atoms with E-state index in [9.17, 15) is 8.42 Å². The Morgan fingerprint density at radius 3 is 2.53 bits per heavy atom. The van der Waals surface area contributed by atoms with Gasteiger partial charge in [0.15, 0.2) is 0 Å². The van der Waals surface area contributed by atoms with Gasteiger partial charge in [-0.15, -0.1) is 0 Å². The number of hydrogen-bond donors (Lipinski definition) is 0. The SMILES string of the molecule is COc1ccc(Br)c(CC2CCN(CCC3CCCN(S(=O)(=O)N(C)C)C3)CC2)c1. The molecule has 30 heavy (non-hydrogen) atoms. The lowest BCUT2D eigenvalue weighted by atomic mass is 9.89. The fourth-order valence-corrected chi connectivity index (χ4v) is 6.26. The molecule has 1 unspecified atom stereocenters. The van der Waals surface area contributed by atoms with Crippen molar-refractivity contribution in [2.24, 2.45) is 11.8 Å². The fourth-order valence-electron chi connectivity index (χ4n) is 4.63. The number of methoxy groups -OCH3 is 1. The largest absolute Gasteiger partial charge is 0.497 e. The summed E-state index contributed by atoms with van der Waals surface area (Å²) in [7, 11) is 1.67. The Morgan fingerprint density at radius 2 is 1.87 bits per heavy atom. The van der Waals surface area contributed by atoms with E-state index in [0.29, 0.717) is 24.9 Å². The van der Waals surface area contributed by atoms with Gasteiger partial charge in [0.2, 0.25) is 0 Å². The molecule has 0 aliphatic carbocycles. The van der Waals surface area contributed by atoms with Crippen molar-refractivity contribution in [1.82, 2.24) is 13.5 Å². The van der Waals surface area contributed by atoms with Gasteiger partial charge in [-0.25, -0.2) is 0 Å². The van der Waals surface area contributed by atoms with Gasteiger partial charge in [0.05, 0.1) is 7.11 Å². The molecule has 1 aromatic rings. The third kappa shape index (κ3) is 6.19. The summed E-state index contributed by atoms with van der Waals surface area (Å²) in [6.45, 7) is 4.68. The van der Waals surface area contributed by atoms with Crippen LogP contribution in [0.2, 0.25) is 0 Å². The molecule has 0 saturated carbocycles. The third-order valence-electron chi connectivity index (χ3n) is 6.59. The fraction of sp³-hybridized carbons (Fsp3) is 0.727. The molecule has 170 valence electrons. The molecule has 3 rings (SSSR count). The molecule has 6 nitrogen and oxygen atoms in total. The number of rotatable bonds is 8. The van der Waals surface area contributed by atoms with Gasteiger partial charge in [-0.05, 0) is 93.8 Å². The molecule has 0 aromatic heterocycles. The van der Waals surface area contributed by atoms with Crippen LogP contribution in [0.25, 0.3) is 0 Å². The summed E-state index contributed by atoms with van der Waals surface area (Å²) in [5, 5.41) is 0. The molecule has 0 bridgehead atoms. The van der Waals surface area contributed by atoms with Crippen molar-refractivity contribution in [2.45, 2.75) is 38.5 Å². The van der Waals surface area contributed by atoms with Crippen LogP contribution >= 0.6 is 15.9 Å². The highest BCUT2D eigenvalue weighted by atomic mass is 79.9. The minimum Gasteiger partial charge on any atom is -0.497 e. The smallest absolute Gasteiger partial charge is 0.281 e. The number of piperidine rings is 2. The first-order valence-corrected chi connectivity index (χ1v) is 13.2. The molecule has 2 aliphatic rings. The Balaban J connectivity index is 1.43. The molecule has 2 saturated heterocycles. The summed E-state index contributed by atoms with van der Waals surface area (Å²) in [6, 6.07) is 6.21.